The van der Waals surface area contributed by atoms with E-state index in [0.717, 1.165) is 35.6 Å². The molecule has 0 atom stereocenters. The number of carboxylic acids is 1. The molecule has 0 saturated heterocycles. The molecular weight excluding hydrogens is 290 g/mol. The van der Waals surface area contributed by atoms with Gasteiger partial charge in [0.25, 0.3) is 0 Å². The van der Waals surface area contributed by atoms with Crippen LogP contribution >= 0.6 is 11.8 Å². The van der Waals surface area contributed by atoms with E-state index in [2.05, 4.69) is 19.9 Å². The molecule has 2 aromatic rings. The van der Waals surface area contributed by atoms with E-state index < -0.39 is 5.97 Å². The zero-order valence-corrected chi connectivity index (χ0v) is 13.0. The van der Waals surface area contributed by atoms with Crippen molar-refractivity contribution in [2.24, 2.45) is 7.05 Å². The number of aliphatic carboxylic acids is 1. The number of hydrogen-bond donors (Lipinski definition) is 1. The second-order valence-corrected chi connectivity index (χ2v) is 6.20. The Morgan fingerprint density at radius 3 is 2.62 bits per heavy atom. The summed E-state index contributed by atoms with van der Waals surface area (Å²) in [5.41, 5.74) is 2.95. The zero-order chi connectivity index (χ0) is 15.1. The third kappa shape index (κ3) is 2.55. The first-order chi connectivity index (χ1) is 9.99. The fraction of sp³-hybridized carbons (Fsp3) is 0.538. The molecule has 1 aliphatic rings. The smallest absolute Gasteiger partial charge is 0.313 e. The van der Waals surface area contributed by atoms with Crippen molar-refractivity contribution in [2.45, 2.75) is 37.9 Å². The molecule has 0 amide bonds. The summed E-state index contributed by atoms with van der Waals surface area (Å²) in [6.45, 7) is 3.96. The van der Waals surface area contributed by atoms with Crippen molar-refractivity contribution in [1.82, 2.24) is 24.5 Å². The molecule has 7 nitrogen and oxygen atoms in total. The van der Waals surface area contributed by atoms with E-state index in [4.69, 9.17) is 5.11 Å². The number of aromatic nitrogens is 5. The van der Waals surface area contributed by atoms with Crippen molar-refractivity contribution in [1.29, 1.82) is 0 Å². The van der Waals surface area contributed by atoms with Gasteiger partial charge < -0.3 is 5.11 Å². The maximum Gasteiger partial charge on any atom is 0.313 e. The van der Waals surface area contributed by atoms with E-state index in [0.29, 0.717) is 11.2 Å². The van der Waals surface area contributed by atoms with Crippen LogP contribution in [0.3, 0.4) is 0 Å². The van der Waals surface area contributed by atoms with Crippen LogP contribution in [-0.2, 0) is 11.8 Å². The highest BCUT2D eigenvalue weighted by atomic mass is 32.2. The van der Waals surface area contributed by atoms with E-state index in [1.807, 2.05) is 25.6 Å². The van der Waals surface area contributed by atoms with Gasteiger partial charge in [-0.2, -0.15) is 5.10 Å². The van der Waals surface area contributed by atoms with Crippen LogP contribution in [0.2, 0.25) is 0 Å². The number of nitrogens with zero attached hydrogens (tertiary/aromatic N) is 5. The first-order valence-corrected chi connectivity index (χ1v) is 7.77. The molecule has 1 aliphatic carbocycles. The van der Waals surface area contributed by atoms with Crippen molar-refractivity contribution in [2.75, 3.05) is 5.75 Å². The van der Waals surface area contributed by atoms with Crippen LogP contribution in [0.25, 0.3) is 11.4 Å². The van der Waals surface area contributed by atoms with Gasteiger partial charge in [-0.1, -0.05) is 11.8 Å². The molecule has 8 heteroatoms. The van der Waals surface area contributed by atoms with Gasteiger partial charge in [0, 0.05) is 18.8 Å². The minimum absolute atomic E-state index is 0.00411. The molecule has 0 unspecified atom stereocenters. The third-order valence-electron chi connectivity index (χ3n) is 3.63. The van der Waals surface area contributed by atoms with E-state index in [-0.39, 0.29) is 5.75 Å². The summed E-state index contributed by atoms with van der Waals surface area (Å²) in [5.74, 6) is -0.0512. The minimum atomic E-state index is -0.847. The highest BCUT2D eigenvalue weighted by Crippen LogP contribution is 2.41. The van der Waals surface area contributed by atoms with Gasteiger partial charge in [-0.05, 0) is 26.7 Å². The summed E-state index contributed by atoms with van der Waals surface area (Å²) in [7, 11) is 1.91. The molecule has 1 N–H and O–H groups in total. The van der Waals surface area contributed by atoms with Gasteiger partial charge in [0.15, 0.2) is 11.0 Å². The summed E-state index contributed by atoms with van der Waals surface area (Å²) in [6, 6.07) is 0.380. The molecule has 112 valence electrons. The minimum Gasteiger partial charge on any atom is -0.481 e. The predicted octanol–water partition coefficient (Wildman–Crippen LogP) is 1.81. The number of rotatable bonds is 5. The number of thioether (sulfide) groups is 1. The van der Waals surface area contributed by atoms with Gasteiger partial charge in [-0.15, -0.1) is 10.2 Å². The van der Waals surface area contributed by atoms with Crippen LogP contribution in [-0.4, -0.2) is 41.4 Å². The Hall–Kier alpha value is -1.83. The predicted molar refractivity (Wildman–Crippen MR) is 78.3 cm³/mol. The van der Waals surface area contributed by atoms with Gasteiger partial charge in [0.1, 0.15) is 0 Å². The SMILES string of the molecule is Cc1nn(C)c(C)c1-c1nnc(SCC(=O)O)n1C1CC1. The highest BCUT2D eigenvalue weighted by molar-refractivity contribution is 7.99. The van der Waals surface area contributed by atoms with Gasteiger partial charge in [-0.25, -0.2) is 0 Å². The molecule has 0 spiro atoms. The van der Waals surface area contributed by atoms with E-state index >= 15 is 0 Å². The Morgan fingerprint density at radius 2 is 2.10 bits per heavy atom. The number of hydrogen-bond acceptors (Lipinski definition) is 5. The molecule has 3 rings (SSSR count). The van der Waals surface area contributed by atoms with Crippen LogP contribution in [0, 0.1) is 13.8 Å². The molecule has 21 heavy (non-hydrogen) atoms. The Balaban J connectivity index is 2.04. The van der Waals surface area contributed by atoms with Crippen LogP contribution in [0.5, 0.6) is 0 Å². The Kier molecular flexibility index (Phi) is 3.48. The Morgan fingerprint density at radius 1 is 1.38 bits per heavy atom. The fourth-order valence-electron chi connectivity index (χ4n) is 2.43. The largest absolute Gasteiger partial charge is 0.481 e. The lowest BCUT2D eigenvalue weighted by atomic mass is 10.2. The lowest BCUT2D eigenvalue weighted by Crippen LogP contribution is -2.04. The summed E-state index contributed by atoms with van der Waals surface area (Å²) in [5, 5.41) is 22.4. The zero-order valence-electron chi connectivity index (χ0n) is 12.2. The summed E-state index contributed by atoms with van der Waals surface area (Å²) in [4.78, 5) is 10.8. The second-order valence-electron chi connectivity index (χ2n) is 5.26. The quantitative estimate of drug-likeness (QED) is 0.848. The summed E-state index contributed by atoms with van der Waals surface area (Å²) in [6.07, 6.45) is 2.17. The average molecular weight is 307 g/mol. The van der Waals surface area contributed by atoms with Crippen molar-refractivity contribution in [3.8, 4) is 11.4 Å². The first-order valence-electron chi connectivity index (χ1n) is 6.79. The number of carboxylic acid groups (broad SMARTS) is 1. The maximum atomic E-state index is 10.8. The molecule has 0 aliphatic heterocycles. The standard InChI is InChI=1S/C13H17N5O2S/c1-7-11(8(2)17(3)16-7)12-14-15-13(21-6-10(19)20)18(12)9-4-5-9/h9H,4-6H2,1-3H3,(H,19,20). The molecule has 0 radical (unpaired) electrons. The van der Waals surface area contributed by atoms with Gasteiger partial charge >= 0.3 is 5.97 Å². The average Bonchev–Trinajstić information content (AvgIpc) is 3.12. The fourth-order valence-corrected chi connectivity index (χ4v) is 3.16. The topological polar surface area (TPSA) is 85.8 Å². The van der Waals surface area contributed by atoms with Gasteiger partial charge in [-0.3, -0.25) is 14.0 Å². The molecule has 2 heterocycles. The van der Waals surface area contributed by atoms with Crippen LogP contribution in [0.4, 0.5) is 0 Å². The molecule has 1 saturated carbocycles. The summed E-state index contributed by atoms with van der Waals surface area (Å²) >= 11 is 1.22. The van der Waals surface area contributed by atoms with Crippen LogP contribution in [0.1, 0.15) is 30.3 Å². The molecular formula is C13H17N5O2S. The number of aryl methyl sites for hydroxylation is 2. The first kappa shape index (κ1) is 14.1. The van der Waals surface area contributed by atoms with Crippen molar-refractivity contribution < 1.29 is 9.90 Å². The van der Waals surface area contributed by atoms with E-state index in [1.165, 1.54) is 11.8 Å². The highest BCUT2D eigenvalue weighted by Gasteiger charge is 2.32. The van der Waals surface area contributed by atoms with Crippen molar-refractivity contribution in [3.05, 3.63) is 11.4 Å². The lowest BCUT2D eigenvalue weighted by Gasteiger charge is -2.08. The Labute approximate surface area is 126 Å². The van der Waals surface area contributed by atoms with Crippen LogP contribution in [0.15, 0.2) is 5.16 Å². The molecule has 0 bridgehead atoms. The van der Waals surface area contributed by atoms with Gasteiger partial charge in [0.2, 0.25) is 0 Å². The maximum absolute atomic E-state index is 10.8. The summed E-state index contributed by atoms with van der Waals surface area (Å²) < 4.78 is 3.91. The van der Waals surface area contributed by atoms with E-state index in [1.54, 1.807) is 0 Å². The normalized spacial score (nSPS) is 14.6. The van der Waals surface area contributed by atoms with Crippen LogP contribution < -0.4 is 0 Å². The van der Waals surface area contributed by atoms with Crippen molar-refractivity contribution in [3.63, 3.8) is 0 Å². The lowest BCUT2D eigenvalue weighted by molar-refractivity contribution is -0.133. The molecule has 0 aromatic carbocycles. The van der Waals surface area contributed by atoms with Gasteiger partial charge in [0.05, 0.1) is 17.0 Å². The van der Waals surface area contributed by atoms with Crippen molar-refractivity contribution >= 4 is 17.7 Å². The monoisotopic (exact) mass is 307 g/mol. The Bertz CT molecular complexity index is 702. The molecule has 2 aromatic heterocycles. The number of carbonyl (C=O) groups is 1. The third-order valence-corrected chi connectivity index (χ3v) is 4.56. The van der Waals surface area contributed by atoms with E-state index in [9.17, 15) is 4.79 Å². The second kappa shape index (κ2) is 5.18. The molecule has 1 fully saturated rings.